The first-order valence-corrected chi connectivity index (χ1v) is 12.5. The number of pyridine rings is 1. The summed E-state index contributed by atoms with van der Waals surface area (Å²) in [5.41, 5.74) is 11.9. The average Bonchev–Trinajstić information content (AvgIpc) is 3.25. The van der Waals surface area contributed by atoms with Crippen LogP contribution < -0.4 is 0 Å². The summed E-state index contributed by atoms with van der Waals surface area (Å²) in [6.45, 7) is 16.6. The third-order valence-electron chi connectivity index (χ3n) is 7.50. The van der Waals surface area contributed by atoms with Crippen LogP contribution in [0.4, 0.5) is 0 Å². The second kappa shape index (κ2) is 8.56. The molecule has 0 saturated heterocycles. The molecule has 0 spiro atoms. The Morgan fingerprint density at radius 3 is 2.64 bits per heavy atom. The molecule has 2 atom stereocenters. The lowest BCUT2D eigenvalue weighted by molar-refractivity contribution is 0.490. The second-order valence-electron chi connectivity index (χ2n) is 9.82. The molecule has 0 N–H and O–H groups in total. The van der Waals surface area contributed by atoms with Gasteiger partial charge in [0.1, 0.15) is 11.1 Å². The smallest absolute Gasteiger partial charge is 0.153 e. The molecule has 178 valence electrons. The van der Waals surface area contributed by atoms with Gasteiger partial charge in [-0.3, -0.25) is 9.98 Å². The Bertz CT molecular complexity index is 1650. The van der Waals surface area contributed by atoms with Gasteiger partial charge >= 0.3 is 0 Å². The lowest BCUT2D eigenvalue weighted by atomic mass is 9.78. The van der Waals surface area contributed by atoms with Crippen LogP contribution in [0.1, 0.15) is 52.3 Å². The Morgan fingerprint density at radius 2 is 1.83 bits per heavy atom. The number of rotatable bonds is 2. The van der Waals surface area contributed by atoms with Gasteiger partial charge in [0.05, 0.1) is 22.9 Å². The van der Waals surface area contributed by atoms with E-state index in [2.05, 4.69) is 57.0 Å². The van der Waals surface area contributed by atoms with Crippen LogP contribution in [-0.2, 0) is 6.42 Å². The van der Waals surface area contributed by atoms with Crippen LogP contribution in [0.2, 0.25) is 0 Å². The van der Waals surface area contributed by atoms with Gasteiger partial charge in [-0.1, -0.05) is 50.1 Å². The highest BCUT2D eigenvalue weighted by Gasteiger charge is 2.32. The molecule has 36 heavy (non-hydrogen) atoms. The van der Waals surface area contributed by atoms with E-state index in [1.54, 1.807) is 0 Å². The number of aliphatic imine (C=N–C) groups is 2. The number of aryl methyl sites for hydroxylation is 3. The molecule has 2 aliphatic rings. The van der Waals surface area contributed by atoms with Crippen LogP contribution in [0.3, 0.4) is 0 Å². The zero-order chi connectivity index (χ0) is 25.0. The van der Waals surface area contributed by atoms with Crippen LogP contribution in [0.15, 0.2) is 94.5 Å². The molecule has 4 heteroatoms. The molecule has 0 bridgehead atoms. The fourth-order valence-corrected chi connectivity index (χ4v) is 5.91. The van der Waals surface area contributed by atoms with Crippen LogP contribution >= 0.6 is 0 Å². The van der Waals surface area contributed by atoms with Crippen molar-refractivity contribution >= 4 is 33.5 Å². The largest absolute Gasteiger partial charge is 0.454 e. The van der Waals surface area contributed by atoms with Gasteiger partial charge in [-0.05, 0) is 67.7 Å². The first kappa shape index (κ1) is 22.4. The minimum absolute atomic E-state index is 0.0694. The Labute approximate surface area is 211 Å². The van der Waals surface area contributed by atoms with Gasteiger partial charge in [-0.2, -0.15) is 0 Å². The molecule has 2 aliphatic heterocycles. The molecule has 2 aromatic heterocycles. The average molecular weight is 472 g/mol. The summed E-state index contributed by atoms with van der Waals surface area (Å²) in [5, 5.41) is 1.05. The molecule has 0 amide bonds. The summed E-state index contributed by atoms with van der Waals surface area (Å²) in [6.07, 6.45) is 6.20. The first-order valence-electron chi connectivity index (χ1n) is 12.5. The van der Waals surface area contributed by atoms with Crippen molar-refractivity contribution in [2.45, 2.75) is 45.1 Å². The molecule has 4 heterocycles. The highest BCUT2D eigenvalue weighted by Crippen LogP contribution is 2.41. The normalized spacial score (nSPS) is 21.1. The van der Waals surface area contributed by atoms with E-state index in [0.717, 1.165) is 68.9 Å². The van der Waals surface area contributed by atoms with E-state index in [4.69, 9.17) is 19.4 Å². The van der Waals surface area contributed by atoms with Crippen molar-refractivity contribution in [1.82, 2.24) is 4.98 Å². The van der Waals surface area contributed by atoms with Crippen LogP contribution in [0, 0.1) is 13.8 Å². The van der Waals surface area contributed by atoms with E-state index in [-0.39, 0.29) is 12.0 Å². The molecule has 2 unspecified atom stereocenters. The van der Waals surface area contributed by atoms with Crippen molar-refractivity contribution in [1.29, 1.82) is 0 Å². The highest BCUT2D eigenvalue weighted by molar-refractivity contribution is 6.20. The fourth-order valence-electron chi connectivity index (χ4n) is 5.91. The third-order valence-corrected chi connectivity index (χ3v) is 7.50. The lowest BCUT2D eigenvalue weighted by Gasteiger charge is -2.32. The van der Waals surface area contributed by atoms with E-state index in [1.807, 2.05) is 31.2 Å². The Hall–Kier alpha value is -4.05. The standard InChI is InChI=1S/C32H29N3O/c1-6-25-23-11-9-8-10-22(23)24-14-13-21-16-18(3)29-31-28(15-12-19(4)34-31)36-32(29)30(21)26(7-2)33-20(5)17-27(24)35-25/h6-12,15-16,24,27H,1-2,5,13-14,17H2,3-4H3/b33-26-. The predicted molar refractivity (Wildman–Crippen MR) is 150 cm³/mol. The maximum atomic E-state index is 6.46. The summed E-state index contributed by atoms with van der Waals surface area (Å²) in [4.78, 5) is 14.9. The number of aromatic nitrogens is 1. The molecule has 4 aromatic rings. The molecular formula is C32H29N3O. The summed E-state index contributed by atoms with van der Waals surface area (Å²) in [6, 6.07) is 14.9. The van der Waals surface area contributed by atoms with Gasteiger partial charge < -0.3 is 4.42 Å². The topological polar surface area (TPSA) is 50.8 Å². The molecule has 0 fully saturated rings. The van der Waals surface area contributed by atoms with Gasteiger partial charge in [0, 0.05) is 34.9 Å². The van der Waals surface area contributed by atoms with E-state index in [1.165, 1.54) is 16.7 Å². The quantitative estimate of drug-likeness (QED) is 0.303. The van der Waals surface area contributed by atoms with E-state index in [9.17, 15) is 0 Å². The van der Waals surface area contributed by atoms with Crippen molar-refractivity contribution in [2.75, 3.05) is 0 Å². The molecule has 0 saturated carbocycles. The van der Waals surface area contributed by atoms with Crippen molar-refractivity contribution < 1.29 is 4.42 Å². The molecule has 0 aliphatic carbocycles. The van der Waals surface area contributed by atoms with Crippen molar-refractivity contribution in [3.63, 3.8) is 0 Å². The monoisotopic (exact) mass is 471 g/mol. The Balaban J connectivity index is 1.58. The number of allylic oxidation sites excluding steroid dienone is 2. The first-order chi connectivity index (χ1) is 17.5. The van der Waals surface area contributed by atoms with E-state index >= 15 is 0 Å². The van der Waals surface area contributed by atoms with Crippen molar-refractivity contribution in [3.8, 4) is 0 Å². The van der Waals surface area contributed by atoms with Crippen LogP contribution in [-0.4, -0.2) is 22.4 Å². The SMILES string of the molecule is C=CC1=NC2CC(=C)/N=C(/C=C)c3c(cc(C)c4c3oc3ccc(C)nc34)CCC2c2ccccc21. The number of hydrogen-bond donors (Lipinski definition) is 0. The second-order valence-corrected chi connectivity index (χ2v) is 9.82. The molecule has 0 radical (unpaired) electrons. The highest BCUT2D eigenvalue weighted by atomic mass is 16.3. The Kier molecular flexibility index (Phi) is 5.33. The number of hydrogen-bond acceptors (Lipinski definition) is 4. The van der Waals surface area contributed by atoms with Crippen molar-refractivity contribution in [3.05, 3.63) is 114 Å². The molecule has 4 nitrogen and oxygen atoms in total. The van der Waals surface area contributed by atoms with E-state index < -0.39 is 0 Å². The number of nitrogens with zero attached hydrogens (tertiary/aromatic N) is 3. The number of furan rings is 1. The molecular weight excluding hydrogens is 442 g/mol. The fraction of sp³-hybridized carbons (Fsp3) is 0.219. The lowest BCUT2D eigenvalue weighted by Crippen LogP contribution is -2.27. The number of fused-ring (bicyclic) bond motifs is 8. The minimum Gasteiger partial charge on any atom is -0.454 e. The van der Waals surface area contributed by atoms with Crippen molar-refractivity contribution in [2.24, 2.45) is 9.98 Å². The summed E-state index contributed by atoms with van der Waals surface area (Å²) < 4.78 is 6.46. The van der Waals surface area contributed by atoms with Gasteiger partial charge in [0.2, 0.25) is 0 Å². The van der Waals surface area contributed by atoms with Crippen LogP contribution in [0.5, 0.6) is 0 Å². The minimum atomic E-state index is 0.0694. The zero-order valence-corrected chi connectivity index (χ0v) is 20.8. The predicted octanol–water partition coefficient (Wildman–Crippen LogP) is 7.56. The van der Waals surface area contributed by atoms with Gasteiger partial charge in [0.15, 0.2) is 5.58 Å². The molecule has 6 rings (SSSR count). The molecule has 2 aromatic carbocycles. The van der Waals surface area contributed by atoms with Crippen LogP contribution in [0.25, 0.3) is 22.1 Å². The van der Waals surface area contributed by atoms with Gasteiger partial charge in [-0.15, -0.1) is 0 Å². The van der Waals surface area contributed by atoms with Gasteiger partial charge in [-0.25, -0.2) is 4.98 Å². The zero-order valence-electron chi connectivity index (χ0n) is 20.8. The summed E-state index contributed by atoms with van der Waals surface area (Å²) in [7, 11) is 0. The summed E-state index contributed by atoms with van der Waals surface area (Å²) in [5.74, 6) is 0.269. The maximum Gasteiger partial charge on any atom is 0.153 e. The van der Waals surface area contributed by atoms with Gasteiger partial charge in [0.25, 0.3) is 0 Å². The third kappa shape index (κ3) is 3.48. The van der Waals surface area contributed by atoms with E-state index in [0.29, 0.717) is 6.42 Å². The Morgan fingerprint density at radius 1 is 1.03 bits per heavy atom. The maximum absolute atomic E-state index is 6.46. The number of benzene rings is 2. The summed E-state index contributed by atoms with van der Waals surface area (Å²) >= 11 is 0.